The lowest BCUT2D eigenvalue weighted by atomic mass is 10.0. The number of aromatic nitrogens is 1. The molecule has 6 nitrogen and oxygen atoms in total. The van der Waals surface area contributed by atoms with Crippen molar-refractivity contribution >= 4 is 23.2 Å². The van der Waals surface area contributed by atoms with E-state index < -0.39 is 11.8 Å². The van der Waals surface area contributed by atoms with Gasteiger partial charge in [0.15, 0.2) is 0 Å². The smallest absolute Gasteiger partial charge is 0.274 e. The third-order valence-electron chi connectivity index (χ3n) is 4.43. The van der Waals surface area contributed by atoms with Gasteiger partial charge in [0, 0.05) is 5.69 Å². The normalized spacial score (nSPS) is 10.1. The van der Waals surface area contributed by atoms with E-state index in [-0.39, 0.29) is 11.4 Å². The number of rotatable bonds is 4. The van der Waals surface area contributed by atoms with Gasteiger partial charge in [0.05, 0.1) is 11.3 Å². The number of nitrogens with zero attached hydrogens (tertiary/aromatic N) is 2. The second-order valence-electron chi connectivity index (χ2n) is 6.75. The third kappa shape index (κ3) is 4.47. The number of hydrogen-bond donors (Lipinski definition) is 2. The van der Waals surface area contributed by atoms with Crippen LogP contribution in [-0.4, -0.2) is 16.8 Å². The van der Waals surface area contributed by atoms with E-state index in [0.717, 1.165) is 22.4 Å². The molecule has 0 aliphatic heterocycles. The summed E-state index contributed by atoms with van der Waals surface area (Å²) in [5, 5.41) is 14.7. The topological polar surface area (TPSA) is 94.9 Å². The minimum atomic E-state index is -0.495. The predicted molar refractivity (Wildman–Crippen MR) is 112 cm³/mol. The lowest BCUT2D eigenvalue weighted by molar-refractivity contribution is 0.101. The lowest BCUT2D eigenvalue weighted by Gasteiger charge is -2.13. The zero-order chi connectivity index (χ0) is 21.0. The van der Waals surface area contributed by atoms with Gasteiger partial charge in [0.2, 0.25) is 0 Å². The minimum Gasteiger partial charge on any atom is -0.320 e. The first kappa shape index (κ1) is 19.8. The fourth-order valence-electron chi connectivity index (χ4n) is 3.12. The molecule has 0 unspecified atom stereocenters. The molecule has 0 bridgehead atoms. The summed E-state index contributed by atoms with van der Waals surface area (Å²) < 4.78 is 0. The molecule has 144 valence electrons. The first-order valence-electron chi connectivity index (χ1n) is 9.06. The Balaban J connectivity index is 1.81. The second-order valence-corrected chi connectivity index (χ2v) is 6.75. The maximum atomic E-state index is 12.7. The van der Waals surface area contributed by atoms with E-state index in [1.54, 1.807) is 36.4 Å². The highest BCUT2D eigenvalue weighted by Crippen LogP contribution is 2.22. The average molecular weight is 384 g/mol. The first-order valence-corrected chi connectivity index (χ1v) is 9.06. The summed E-state index contributed by atoms with van der Waals surface area (Å²) in [7, 11) is 0. The standard InChI is InChI=1S/C23H20N4O2/c1-14-11-15(2)21(16(3)12-14)27-23(29)20-10-6-9-19(25-20)22(28)26-18-8-5-4-7-17(18)13-24/h4-12H,1-3H3,(H,26,28)(H,27,29). The molecule has 0 fully saturated rings. The summed E-state index contributed by atoms with van der Waals surface area (Å²) in [6.07, 6.45) is 0. The number of nitrogens with one attached hydrogen (secondary N) is 2. The van der Waals surface area contributed by atoms with Gasteiger partial charge in [0.1, 0.15) is 17.5 Å². The van der Waals surface area contributed by atoms with E-state index >= 15 is 0 Å². The van der Waals surface area contributed by atoms with Crippen LogP contribution in [-0.2, 0) is 0 Å². The van der Waals surface area contributed by atoms with E-state index in [2.05, 4.69) is 15.6 Å². The Morgan fingerprint density at radius 2 is 1.45 bits per heavy atom. The molecule has 0 atom stereocenters. The van der Waals surface area contributed by atoms with Gasteiger partial charge >= 0.3 is 0 Å². The quantitative estimate of drug-likeness (QED) is 0.698. The molecule has 3 rings (SSSR count). The number of para-hydroxylation sites is 1. The molecule has 0 spiro atoms. The Labute approximate surface area is 169 Å². The van der Waals surface area contributed by atoms with Crippen LogP contribution in [0, 0.1) is 32.1 Å². The van der Waals surface area contributed by atoms with E-state index in [1.165, 1.54) is 6.07 Å². The Kier molecular flexibility index (Phi) is 5.70. The number of carbonyl (C=O) groups excluding carboxylic acids is 2. The summed E-state index contributed by atoms with van der Waals surface area (Å²) in [6, 6.07) is 17.4. The number of hydrogen-bond acceptors (Lipinski definition) is 4. The lowest BCUT2D eigenvalue weighted by Crippen LogP contribution is -2.19. The molecule has 2 N–H and O–H groups in total. The fourth-order valence-corrected chi connectivity index (χ4v) is 3.12. The average Bonchev–Trinajstić information content (AvgIpc) is 2.71. The van der Waals surface area contributed by atoms with Gasteiger partial charge in [-0.2, -0.15) is 5.26 Å². The van der Waals surface area contributed by atoms with Crippen molar-refractivity contribution < 1.29 is 9.59 Å². The number of amides is 2. The summed E-state index contributed by atoms with van der Waals surface area (Å²) in [6.45, 7) is 5.86. The summed E-state index contributed by atoms with van der Waals surface area (Å²) in [5.74, 6) is -0.892. The van der Waals surface area contributed by atoms with Crippen LogP contribution < -0.4 is 10.6 Å². The number of pyridine rings is 1. The van der Waals surface area contributed by atoms with E-state index in [1.807, 2.05) is 39.0 Å². The Morgan fingerprint density at radius 3 is 2.07 bits per heavy atom. The highest BCUT2D eigenvalue weighted by Gasteiger charge is 2.15. The minimum absolute atomic E-state index is 0.0859. The Morgan fingerprint density at radius 1 is 0.862 bits per heavy atom. The number of benzene rings is 2. The maximum absolute atomic E-state index is 12.7. The van der Waals surface area contributed by atoms with Crippen LogP contribution in [0.4, 0.5) is 11.4 Å². The van der Waals surface area contributed by atoms with Crippen LogP contribution in [0.5, 0.6) is 0 Å². The molecule has 1 aromatic heterocycles. The number of nitriles is 1. The molecule has 29 heavy (non-hydrogen) atoms. The molecule has 2 amide bonds. The molecule has 0 aliphatic carbocycles. The zero-order valence-corrected chi connectivity index (χ0v) is 16.4. The number of carbonyl (C=O) groups is 2. The van der Waals surface area contributed by atoms with Crippen molar-refractivity contribution in [1.29, 1.82) is 5.26 Å². The fraction of sp³-hybridized carbons (Fsp3) is 0.130. The largest absolute Gasteiger partial charge is 0.320 e. The summed E-state index contributed by atoms with van der Waals surface area (Å²) >= 11 is 0. The van der Waals surface area contributed by atoms with Gasteiger partial charge in [-0.25, -0.2) is 4.98 Å². The van der Waals surface area contributed by atoms with Crippen LogP contribution in [0.15, 0.2) is 54.6 Å². The van der Waals surface area contributed by atoms with Crippen LogP contribution in [0.3, 0.4) is 0 Å². The predicted octanol–water partition coefficient (Wildman–Crippen LogP) is 4.38. The van der Waals surface area contributed by atoms with Gasteiger partial charge in [-0.1, -0.05) is 35.9 Å². The molecular weight excluding hydrogens is 364 g/mol. The zero-order valence-electron chi connectivity index (χ0n) is 16.4. The van der Waals surface area contributed by atoms with Gasteiger partial charge < -0.3 is 10.6 Å². The number of anilines is 2. The molecule has 0 radical (unpaired) electrons. The highest BCUT2D eigenvalue weighted by atomic mass is 16.2. The highest BCUT2D eigenvalue weighted by molar-refractivity contribution is 6.06. The Bertz CT molecular complexity index is 1120. The van der Waals surface area contributed by atoms with Gasteiger partial charge in [-0.15, -0.1) is 0 Å². The molecule has 3 aromatic rings. The van der Waals surface area contributed by atoms with Gasteiger partial charge in [0.25, 0.3) is 11.8 Å². The van der Waals surface area contributed by atoms with Crippen molar-refractivity contribution in [3.05, 3.63) is 88.2 Å². The van der Waals surface area contributed by atoms with Crippen molar-refractivity contribution in [2.24, 2.45) is 0 Å². The molecular formula is C23H20N4O2. The van der Waals surface area contributed by atoms with Crippen molar-refractivity contribution in [3.8, 4) is 6.07 Å². The van der Waals surface area contributed by atoms with Crippen LogP contribution >= 0.6 is 0 Å². The SMILES string of the molecule is Cc1cc(C)c(NC(=O)c2cccc(C(=O)Nc3ccccc3C#N)n2)c(C)c1. The van der Waals surface area contributed by atoms with Crippen LogP contribution in [0.2, 0.25) is 0 Å². The third-order valence-corrected chi connectivity index (χ3v) is 4.43. The van der Waals surface area contributed by atoms with Crippen molar-refractivity contribution in [3.63, 3.8) is 0 Å². The number of aryl methyl sites for hydroxylation is 3. The first-order chi connectivity index (χ1) is 13.9. The molecule has 0 saturated heterocycles. The van der Waals surface area contributed by atoms with Crippen LogP contribution in [0.25, 0.3) is 0 Å². The monoisotopic (exact) mass is 384 g/mol. The molecule has 0 aliphatic rings. The molecule has 1 heterocycles. The molecule has 6 heteroatoms. The van der Waals surface area contributed by atoms with E-state index in [0.29, 0.717) is 11.3 Å². The van der Waals surface area contributed by atoms with Crippen molar-refractivity contribution in [1.82, 2.24) is 4.98 Å². The van der Waals surface area contributed by atoms with Gasteiger partial charge in [-0.3, -0.25) is 9.59 Å². The maximum Gasteiger partial charge on any atom is 0.274 e. The summed E-state index contributed by atoms with van der Waals surface area (Å²) in [4.78, 5) is 29.4. The van der Waals surface area contributed by atoms with Crippen LogP contribution in [0.1, 0.15) is 43.2 Å². The van der Waals surface area contributed by atoms with E-state index in [4.69, 9.17) is 5.26 Å². The van der Waals surface area contributed by atoms with Crippen molar-refractivity contribution in [2.45, 2.75) is 20.8 Å². The molecule has 2 aromatic carbocycles. The summed E-state index contributed by atoms with van der Waals surface area (Å²) in [5.41, 5.74) is 4.72. The molecule has 0 saturated carbocycles. The Hall–Kier alpha value is -3.98. The second kappa shape index (κ2) is 8.36. The van der Waals surface area contributed by atoms with Gasteiger partial charge in [-0.05, 0) is 56.2 Å². The van der Waals surface area contributed by atoms with E-state index in [9.17, 15) is 9.59 Å². The van der Waals surface area contributed by atoms with Crippen molar-refractivity contribution in [2.75, 3.05) is 10.6 Å².